The molecule has 22 heavy (non-hydrogen) atoms. The Balaban J connectivity index is 0.000000220. The molecule has 0 heterocycles. The number of rotatable bonds is 2. The predicted octanol–water partition coefficient (Wildman–Crippen LogP) is 4.25. The number of hydrogen-bond acceptors (Lipinski definition) is 2. The van der Waals surface area contributed by atoms with Crippen LogP contribution in [0.4, 0.5) is 0 Å². The molecule has 0 aliphatic carbocycles. The van der Waals surface area contributed by atoms with Gasteiger partial charge in [-0.2, -0.15) is 0 Å². The lowest BCUT2D eigenvalue weighted by Crippen LogP contribution is -1.87. The average Bonchev–Trinajstić information content (AvgIpc) is 2.57. The molecule has 0 bridgehead atoms. The van der Waals surface area contributed by atoms with E-state index in [4.69, 9.17) is 10.2 Å². The summed E-state index contributed by atoms with van der Waals surface area (Å²) >= 11 is 0. The summed E-state index contributed by atoms with van der Waals surface area (Å²) in [4.78, 5) is 0. The van der Waals surface area contributed by atoms with E-state index in [0.29, 0.717) is 0 Å². The van der Waals surface area contributed by atoms with Crippen LogP contribution in [0.25, 0.3) is 0 Å². The summed E-state index contributed by atoms with van der Waals surface area (Å²) in [7, 11) is 0. The summed E-state index contributed by atoms with van der Waals surface area (Å²) in [5.41, 5.74) is 2.27. The molecule has 0 aliphatic heterocycles. The third kappa shape index (κ3) is 6.07. The molecule has 2 N–H and O–H groups in total. The van der Waals surface area contributed by atoms with Gasteiger partial charge < -0.3 is 10.2 Å². The molecule has 112 valence electrons. The third-order valence-electron chi connectivity index (χ3n) is 3.16. The van der Waals surface area contributed by atoms with Gasteiger partial charge in [0.15, 0.2) is 0 Å². The average molecular weight is 292 g/mol. The van der Waals surface area contributed by atoms with Gasteiger partial charge in [-0.15, -0.1) is 0 Å². The molecule has 0 saturated carbocycles. The van der Waals surface area contributed by atoms with E-state index in [0.717, 1.165) is 11.1 Å². The standard InChI is InChI=1S/2C10H10O/c2*1-9(7-8-11)10-5-3-2-4-6-10/h2*2-6,9,11H,1H3. The highest BCUT2D eigenvalue weighted by Gasteiger charge is 1.99. The molecule has 0 spiro atoms. The topological polar surface area (TPSA) is 40.5 Å². The molecule has 0 radical (unpaired) electrons. The maximum Gasteiger partial charge on any atom is 0.108 e. The Morgan fingerprint density at radius 3 is 1.23 bits per heavy atom. The van der Waals surface area contributed by atoms with Crippen LogP contribution >= 0.6 is 0 Å². The van der Waals surface area contributed by atoms with Gasteiger partial charge in [-0.1, -0.05) is 72.5 Å². The molecule has 2 atom stereocenters. The van der Waals surface area contributed by atoms with Crippen LogP contribution in [0.1, 0.15) is 36.8 Å². The Morgan fingerprint density at radius 2 is 0.955 bits per heavy atom. The fourth-order valence-corrected chi connectivity index (χ4v) is 1.84. The third-order valence-corrected chi connectivity index (χ3v) is 3.16. The first-order valence-corrected chi connectivity index (χ1v) is 7.08. The highest BCUT2D eigenvalue weighted by Crippen LogP contribution is 2.12. The summed E-state index contributed by atoms with van der Waals surface area (Å²) in [6.45, 7) is 3.91. The van der Waals surface area contributed by atoms with Crippen molar-refractivity contribution in [3.63, 3.8) is 0 Å². The predicted molar refractivity (Wildman–Crippen MR) is 89.1 cm³/mol. The SMILES string of the molecule is CC(C#CO)c1ccccc1.CC(C#CO)c1ccccc1. The minimum absolute atomic E-state index is 0.112. The van der Waals surface area contributed by atoms with Gasteiger partial charge >= 0.3 is 0 Å². The van der Waals surface area contributed by atoms with Crippen LogP contribution in [0.5, 0.6) is 0 Å². The molecule has 0 saturated heterocycles. The fourth-order valence-electron chi connectivity index (χ4n) is 1.84. The Bertz CT molecular complexity index is 593. The van der Waals surface area contributed by atoms with Crippen molar-refractivity contribution in [3.05, 3.63) is 71.8 Å². The van der Waals surface area contributed by atoms with E-state index < -0.39 is 0 Å². The maximum atomic E-state index is 8.34. The zero-order valence-electron chi connectivity index (χ0n) is 12.8. The van der Waals surface area contributed by atoms with Gasteiger partial charge in [-0.3, -0.25) is 0 Å². The van der Waals surface area contributed by atoms with E-state index in [-0.39, 0.29) is 11.8 Å². The maximum absolute atomic E-state index is 8.34. The van der Waals surface area contributed by atoms with Crippen molar-refractivity contribution in [2.24, 2.45) is 0 Å². The van der Waals surface area contributed by atoms with Crippen LogP contribution in [-0.2, 0) is 0 Å². The van der Waals surface area contributed by atoms with Crippen LogP contribution in [0.3, 0.4) is 0 Å². The van der Waals surface area contributed by atoms with E-state index in [1.165, 1.54) is 0 Å². The Hall–Kier alpha value is -2.84. The van der Waals surface area contributed by atoms with Gasteiger partial charge in [0, 0.05) is 11.8 Å². The Kier molecular flexibility index (Phi) is 7.80. The van der Waals surface area contributed by atoms with Gasteiger partial charge in [0.05, 0.1) is 0 Å². The second-order valence-electron chi connectivity index (χ2n) is 4.78. The lowest BCUT2D eigenvalue weighted by atomic mass is 10.0. The molecule has 0 amide bonds. The summed E-state index contributed by atoms with van der Waals surface area (Å²) in [5.74, 6) is 5.56. The normalized spacial score (nSPS) is 11.4. The zero-order chi connectivity index (χ0) is 16.2. The quantitative estimate of drug-likeness (QED) is 0.812. The first-order chi connectivity index (χ1) is 10.7. The molecule has 2 rings (SSSR count). The van der Waals surface area contributed by atoms with Gasteiger partial charge in [0.1, 0.15) is 12.2 Å². The molecule has 0 aliphatic rings. The lowest BCUT2D eigenvalue weighted by Gasteiger charge is -2.01. The highest BCUT2D eigenvalue weighted by molar-refractivity contribution is 5.26. The van der Waals surface area contributed by atoms with Gasteiger partial charge in [-0.25, -0.2) is 0 Å². The first-order valence-electron chi connectivity index (χ1n) is 7.08. The van der Waals surface area contributed by atoms with Crippen molar-refractivity contribution in [2.45, 2.75) is 25.7 Å². The lowest BCUT2D eigenvalue weighted by molar-refractivity contribution is 0.515. The second kappa shape index (κ2) is 9.97. The monoisotopic (exact) mass is 292 g/mol. The Morgan fingerprint density at radius 1 is 0.636 bits per heavy atom. The van der Waals surface area contributed by atoms with Crippen molar-refractivity contribution in [3.8, 4) is 24.1 Å². The van der Waals surface area contributed by atoms with Crippen LogP contribution in [0.15, 0.2) is 60.7 Å². The molecule has 2 aromatic carbocycles. The van der Waals surface area contributed by atoms with Crippen LogP contribution in [-0.4, -0.2) is 10.2 Å². The Labute approximate surface area is 132 Å². The molecule has 0 fully saturated rings. The summed E-state index contributed by atoms with van der Waals surface area (Å²) in [6, 6.07) is 19.8. The number of hydrogen-bond donors (Lipinski definition) is 2. The minimum atomic E-state index is 0.112. The molecule has 2 nitrogen and oxygen atoms in total. The fraction of sp³-hybridized carbons (Fsp3) is 0.200. The van der Waals surface area contributed by atoms with Crippen molar-refractivity contribution < 1.29 is 10.2 Å². The van der Waals surface area contributed by atoms with E-state index in [9.17, 15) is 0 Å². The van der Waals surface area contributed by atoms with Crippen molar-refractivity contribution in [2.75, 3.05) is 0 Å². The minimum Gasteiger partial charge on any atom is -0.462 e. The molecular weight excluding hydrogens is 272 g/mol. The molecule has 2 heteroatoms. The van der Waals surface area contributed by atoms with Crippen LogP contribution in [0.2, 0.25) is 0 Å². The van der Waals surface area contributed by atoms with E-state index >= 15 is 0 Å². The van der Waals surface area contributed by atoms with Crippen molar-refractivity contribution >= 4 is 0 Å². The molecule has 2 aromatic rings. The van der Waals surface area contributed by atoms with Crippen LogP contribution < -0.4 is 0 Å². The van der Waals surface area contributed by atoms with Crippen LogP contribution in [0, 0.1) is 24.1 Å². The van der Waals surface area contributed by atoms with Gasteiger partial charge in [-0.05, 0) is 25.0 Å². The molecular formula is C20H20O2. The second-order valence-corrected chi connectivity index (χ2v) is 4.78. The van der Waals surface area contributed by atoms with E-state index in [1.807, 2.05) is 86.7 Å². The molecule has 2 unspecified atom stereocenters. The first kappa shape index (κ1) is 17.2. The molecule has 0 aromatic heterocycles. The number of aliphatic hydroxyl groups is 2. The van der Waals surface area contributed by atoms with Crippen molar-refractivity contribution in [1.82, 2.24) is 0 Å². The van der Waals surface area contributed by atoms with Crippen molar-refractivity contribution in [1.29, 1.82) is 0 Å². The van der Waals surface area contributed by atoms with Gasteiger partial charge in [0.25, 0.3) is 0 Å². The summed E-state index contributed by atoms with van der Waals surface area (Å²) in [6.07, 6.45) is 3.83. The smallest absolute Gasteiger partial charge is 0.108 e. The largest absolute Gasteiger partial charge is 0.462 e. The summed E-state index contributed by atoms with van der Waals surface area (Å²) in [5, 5.41) is 16.7. The van der Waals surface area contributed by atoms with Gasteiger partial charge in [0.2, 0.25) is 0 Å². The van der Waals surface area contributed by atoms with E-state index in [2.05, 4.69) is 11.8 Å². The highest BCUT2D eigenvalue weighted by atomic mass is 16.2. The number of aliphatic hydroxyl groups excluding tert-OH is 2. The zero-order valence-corrected chi connectivity index (χ0v) is 12.8. The van der Waals surface area contributed by atoms with E-state index in [1.54, 1.807) is 0 Å². The summed E-state index contributed by atoms with van der Waals surface area (Å²) < 4.78 is 0. The number of benzene rings is 2.